The van der Waals surface area contributed by atoms with Crippen LogP contribution in [-0.2, 0) is 16.4 Å². The van der Waals surface area contributed by atoms with E-state index in [2.05, 4.69) is 10.3 Å². The normalized spacial score (nSPS) is 12.0. The molecule has 9 heteroatoms. The van der Waals surface area contributed by atoms with Gasteiger partial charge < -0.3 is 10.2 Å². The molecule has 0 aliphatic rings. The first-order valence-corrected chi connectivity index (χ1v) is 8.38. The van der Waals surface area contributed by atoms with Crippen molar-refractivity contribution in [1.29, 1.82) is 0 Å². The second-order valence-electron chi connectivity index (χ2n) is 5.18. The molecule has 1 aromatic heterocycles. The maximum absolute atomic E-state index is 12.8. The summed E-state index contributed by atoms with van der Waals surface area (Å²) in [6, 6.07) is 8.40. The highest BCUT2D eigenvalue weighted by Gasteiger charge is 2.47. The highest BCUT2D eigenvalue weighted by Crippen LogP contribution is 2.34. The molecule has 0 radical (unpaired) electrons. The van der Waals surface area contributed by atoms with Gasteiger partial charge in [0.05, 0.1) is 10.6 Å². The molecule has 130 valence electrons. The molecule has 0 amide bonds. The lowest BCUT2D eigenvalue weighted by molar-refractivity contribution is -0.0435. The van der Waals surface area contributed by atoms with Gasteiger partial charge in [-0.15, -0.1) is 0 Å². The minimum atomic E-state index is -5.43. The van der Waals surface area contributed by atoms with Crippen LogP contribution < -0.4 is 10.2 Å². The van der Waals surface area contributed by atoms with E-state index in [0.717, 1.165) is 11.6 Å². The number of hydrogen-bond donors (Lipinski definition) is 1. The Hall–Kier alpha value is -2.29. The molecule has 0 fully saturated rings. The Labute approximate surface area is 138 Å². The van der Waals surface area contributed by atoms with Crippen molar-refractivity contribution in [3.8, 4) is 0 Å². The van der Waals surface area contributed by atoms with Crippen molar-refractivity contribution in [3.05, 3.63) is 48.2 Å². The number of benzene rings is 1. The second-order valence-corrected chi connectivity index (χ2v) is 7.09. The lowest BCUT2D eigenvalue weighted by Crippen LogP contribution is -2.24. The first-order chi connectivity index (χ1) is 11.1. The second kappa shape index (κ2) is 6.68. The molecule has 1 heterocycles. The van der Waals surface area contributed by atoms with Gasteiger partial charge in [-0.05, 0) is 18.2 Å². The van der Waals surface area contributed by atoms with Gasteiger partial charge in [0.1, 0.15) is 5.82 Å². The van der Waals surface area contributed by atoms with Crippen LogP contribution in [0.3, 0.4) is 0 Å². The Balaban J connectivity index is 2.34. The van der Waals surface area contributed by atoms with Crippen LogP contribution in [0, 0.1) is 0 Å². The molecule has 1 aromatic carbocycles. The number of aromatic nitrogens is 1. The summed E-state index contributed by atoms with van der Waals surface area (Å²) >= 11 is 0. The van der Waals surface area contributed by atoms with E-state index in [9.17, 15) is 21.6 Å². The highest BCUT2D eigenvalue weighted by molar-refractivity contribution is 7.92. The zero-order chi connectivity index (χ0) is 18.0. The fourth-order valence-electron chi connectivity index (χ4n) is 2.13. The van der Waals surface area contributed by atoms with E-state index in [1.54, 1.807) is 37.3 Å². The van der Waals surface area contributed by atoms with Crippen molar-refractivity contribution in [3.63, 3.8) is 0 Å². The summed E-state index contributed by atoms with van der Waals surface area (Å²) in [6.45, 7) is 0.131. The number of rotatable bonds is 5. The number of alkyl halides is 3. The highest BCUT2D eigenvalue weighted by atomic mass is 32.2. The average molecular weight is 359 g/mol. The molecule has 2 aromatic rings. The molecule has 0 saturated carbocycles. The first kappa shape index (κ1) is 18.1. The third-order valence-electron chi connectivity index (χ3n) is 3.24. The predicted molar refractivity (Wildman–Crippen MR) is 85.6 cm³/mol. The fraction of sp³-hybridized carbons (Fsp3) is 0.267. The van der Waals surface area contributed by atoms with Crippen LogP contribution in [0.15, 0.2) is 47.5 Å². The van der Waals surface area contributed by atoms with Crippen molar-refractivity contribution in [2.75, 3.05) is 24.3 Å². The van der Waals surface area contributed by atoms with Gasteiger partial charge in [0, 0.05) is 32.4 Å². The van der Waals surface area contributed by atoms with Crippen LogP contribution in [0.25, 0.3) is 0 Å². The third-order valence-corrected chi connectivity index (χ3v) is 4.79. The Bertz CT molecular complexity index is 821. The van der Waals surface area contributed by atoms with Crippen LogP contribution in [0.2, 0.25) is 0 Å². The lowest BCUT2D eigenvalue weighted by Gasteiger charge is -2.18. The van der Waals surface area contributed by atoms with E-state index in [1.165, 1.54) is 18.2 Å². The standard InChI is InChI=1S/C15H16F3N3O2S/c1-21(2)14-11(6-5-9-19-14)10-20-12-7-3-4-8-13(12)24(22,23)15(16,17)18/h3-9,20H,10H2,1-2H3. The molecule has 0 saturated heterocycles. The molecular formula is C15H16F3N3O2S. The Kier molecular flexibility index (Phi) is 5.02. The molecule has 0 aliphatic heterocycles. The third kappa shape index (κ3) is 3.61. The largest absolute Gasteiger partial charge is 0.501 e. The molecule has 2 rings (SSSR count). The molecule has 24 heavy (non-hydrogen) atoms. The quantitative estimate of drug-likeness (QED) is 0.889. The van der Waals surface area contributed by atoms with Crippen molar-refractivity contribution >= 4 is 21.3 Å². The Morgan fingerprint density at radius 2 is 1.79 bits per heavy atom. The number of hydrogen-bond acceptors (Lipinski definition) is 5. The predicted octanol–water partition coefficient (Wildman–Crippen LogP) is 3.05. The monoisotopic (exact) mass is 359 g/mol. The molecule has 0 spiro atoms. The zero-order valence-electron chi connectivity index (χ0n) is 13.0. The van der Waals surface area contributed by atoms with Crippen LogP contribution in [0.4, 0.5) is 24.7 Å². The van der Waals surface area contributed by atoms with Gasteiger partial charge in [0.2, 0.25) is 0 Å². The van der Waals surface area contributed by atoms with Crippen LogP contribution in [0.5, 0.6) is 0 Å². The number of sulfone groups is 1. The number of halogens is 3. The van der Waals surface area contributed by atoms with E-state index in [-0.39, 0.29) is 12.2 Å². The van der Waals surface area contributed by atoms with Gasteiger partial charge in [-0.3, -0.25) is 0 Å². The van der Waals surface area contributed by atoms with Crippen molar-refractivity contribution in [2.24, 2.45) is 0 Å². The molecule has 0 aliphatic carbocycles. The Morgan fingerprint density at radius 3 is 2.42 bits per heavy atom. The van der Waals surface area contributed by atoms with Gasteiger partial charge in [0.25, 0.3) is 9.84 Å². The number of para-hydroxylation sites is 1. The summed E-state index contributed by atoms with van der Waals surface area (Å²) in [6.07, 6.45) is 1.60. The number of anilines is 2. The maximum Gasteiger partial charge on any atom is 0.501 e. The van der Waals surface area contributed by atoms with Gasteiger partial charge in [0.15, 0.2) is 0 Å². The van der Waals surface area contributed by atoms with Crippen molar-refractivity contribution < 1.29 is 21.6 Å². The van der Waals surface area contributed by atoms with E-state index in [0.29, 0.717) is 5.82 Å². The fourth-order valence-corrected chi connectivity index (χ4v) is 3.07. The van der Waals surface area contributed by atoms with Crippen LogP contribution >= 0.6 is 0 Å². The van der Waals surface area contributed by atoms with E-state index >= 15 is 0 Å². The van der Waals surface area contributed by atoms with E-state index < -0.39 is 20.2 Å². The summed E-state index contributed by atoms with van der Waals surface area (Å²) in [5, 5.41) is 2.76. The van der Waals surface area contributed by atoms with Crippen LogP contribution in [0.1, 0.15) is 5.56 Å². The first-order valence-electron chi connectivity index (χ1n) is 6.90. The molecule has 0 unspecified atom stereocenters. The summed E-state index contributed by atoms with van der Waals surface area (Å²) in [5.74, 6) is 0.640. The number of nitrogens with one attached hydrogen (secondary N) is 1. The summed E-state index contributed by atoms with van der Waals surface area (Å²) < 4.78 is 61.8. The topological polar surface area (TPSA) is 62.3 Å². The minimum absolute atomic E-state index is 0.108. The summed E-state index contributed by atoms with van der Waals surface area (Å²) in [5.41, 5.74) is -4.74. The molecule has 5 nitrogen and oxygen atoms in total. The molecule has 0 atom stereocenters. The van der Waals surface area contributed by atoms with Gasteiger partial charge in [-0.2, -0.15) is 13.2 Å². The van der Waals surface area contributed by atoms with Crippen LogP contribution in [-0.4, -0.2) is 33.0 Å². The minimum Gasteiger partial charge on any atom is -0.380 e. The van der Waals surface area contributed by atoms with Gasteiger partial charge in [-0.1, -0.05) is 18.2 Å². The van der Waals surface area contributed by atoms with E-state index in [4.69, 9.17) is 0 Å². The van der Waals surface area contributed by atoms with E-state index in [1.807, 2.05) is 0 Å². The Morgan fingerprint density at radius 1 is 1.12 bits per heavy atom. The lowest BCUT2D eigenvalue weighted by atomic mass is 10.2. The molecular weight excluding hydrogens is 343 g/mol. The maximum atomic E-state index is 12.8. The average Bonchev–Trinajstić information content (AvgIpc) is 2.52. The van der Waals surface area contributed by atoms with Gasteiger partial charge in [-0.25, -0.2) is 13.4 Å². The summed E-state index contributed by atoms with van der Waals surface area (Å²) in [4.78, 5) is 5.15. The summed E-state index contributed by atoms with van der Waals surface area (Å²) in [7, 11) is -1.86. The zero-order valence-corrected chi connectivity index (χ0v) is 13.8. The van der Waals surface area contributed by atoms with Crippen molar-refractivity contribution in [2.45, 2.75) is 16.9 Å². The molecule has 0 bridgehead atoms. The smallest absolute Gasteiger partial charge is 0.380 e. The SMILES string of the molecule is CN(C)c1ncccc1CNc1ccccc1S(=O)(=O)C(F)(F)F. The number of nitrogens with zero attached hydrogens (tertiary/aromatic N) is 2. The number of pyridine rings is 1. The van der Waals surface area contributed by atoms with Gasteiger partial charge >= 0.3 is 5.51 Å². The van der Waals surface area contributed by atoms with Crippen molar-refractivity contribution in [1.82, 2.24) is 4.98 Å². The molecule has 1 N–H and O–H groups in total.